The van der Waals surface area contributed by atoms with E-state index in [9.17, 15) is 4.79 Å². The fraction of sp³-hybridized carbons (Fsp3) is 0.316. The van der Waals surface area contributed by atoms with E-state index in [1.807, 2.05) is 56.3 Å². The number of carbonyl (C=O) groups excluding carboxylic acids is 1. The molecule has 0 bridgehead atoms. The highest BCUT2D eigenvalue weighted by molar-refractivity contribution is 5.96. The molecule has 3 nitrogen and oxygen atoms in total. The molecule has 0 unspecified atom stereocenters. The van der Waals surface area contributed by atoms with E-state index in [0.29, 0.717) is 13.0 Å². The van der Waals surface area contributed by atoms with Crippen LogP contribution >= 0.6 is 0 Å². The highest BCUT2D eigenvalue weighted by Crippen LogP contribution is 2.19. The third-order valence-electron chi connectivity index (χ3n) is 3.66. The van der Waals surface area contributed by atoms with Gasteiger partial charge in [0.1, 0.15) is 0 Å². The number of benzene rings is 2. The van der Waals surface area contributed by atoms with Crippen LogP contribution in [0.15, 0.2) is 54.6 Å². The van der Waals surface area contributed by atoms with E-state index < -0.39 is 0 Å². The topological polar surface area (TPSA) is 49.3 Å². The Bertz CT molecular complexity index is 603. The van der Waals surface area contributed by atoms with Crippen LogP contribution in [0.5, 0.6) is 0 Å². The molecule has 0 atom stereocenters. The van der Waals surface area contributed by atoms with Crippen LogP contribution < -0.4 is 5.32 Å². The average molecular weight is 297 g/mol. The van der Waals surface area contributed by atoms with Crippen molar-refractivity contribution in [1.82, 2.24) is 5.32 Å². The maximum absolute atomic E-state index is 12.2. The van der Waals surface area contributed by atoms with Gasteiger partial charge in [-0.25, -0.2) is 0 Å². The van der Waals surface area contributed by atoms with Gasteiger partial charge in [-0.05, 0) is 25.0 Å². The highest BCUT2D eigenvalue weighted by Gasteiger charge is 2.15. The van der Waals surface area contributed by atoms with Gasteiger partial charge in [0.15, 0.2) is 5.78 Å². The normalized spacial score (nSPS) is 11.4. The first-order valence-corrected chi connectivity index (χ1v) is 7.56. The van der Waals surface area contributed by atoms with Gasteiger partial charge in [0.2, 0.25) is 0 Å². The first-order chi connectivity index (χ1) is 10.5. The lowest BCUT2D eigenvalue weighted by atomic mass is 10.0. The Morgan fingerprint density at radius 2 is 1.59 bits per heavy atom. The molecule has 0 aliphatic carbocycles. The zero-order valence-corrected chi connectivity index (χ0v) is 13.2. The lowest BCUT2D eigenvalue weighted by Crippen LogP contribution is -2.43. The molecule has 0 aromatic heterocycles. The third-order valence-corrected chi connectivity index (χ3v) is 3.66. The predicted octanol–water partition coefficient (Wildman–Crippen LogP) is 3.29. The number of rotatable bonds is 7. The Morgan fingerprint density at radius 3 is 2.18 bits per heavy atom. The number of hydrogen-bond donors (Lipinski definition) is 2. The van der Waals surface area contributed by atoms with E-state index in [-0.39, 0.29) is 17.9 Å². The molecule has 0 saturated heterocycles. The first-order valence-electron chi connectivity index (χ1n) is 7.56. The molecule has 0 fully saturated rings. The minimum Gasteiger partial charge on any atom is -0.394 e. The van der Waals surface area contributed by atoms with Crippen molar-refractivity contribution in [2.24, 2.45) is 0 Å². The molecule has 0 amide bonds. The summed E-state index contributed by atoms with van der Waals surface area (Å²) < 4.78 is 0. The van der Waals surface area contributed by atoms with E-state index in [1.54, 1.807) is 0 Å². The van der Waals surface area contributed by atoms with Crippen molar-refractivity contribution in [3.05, 3.63) is 60.2 Å². The summed E-state index contributed by atoms with van der Waals surface area (Å²) in [6.07, 6.45) is 0.425. The number of aliphatic hydroxyl groups excluding tert-OH is 1. The van der Waals surface area contributed by atoms with Crippen LogP contribution in [0.3, 0.4) is 0 Å². The standard InChI is InChI=1S/C19H23NO2/c1-19(2,14-21)20-13-12-18(22)17-10-8-16(9-11-17)15-6-4-3-5-7-15/h3-11,20-21H,12-14H2,1-2H3. The van der Waals surface area contributed by atoms with E-state index in [0.717, 1.165) is 16.7 Å². The van der Waals surface area contributed by atoms with Crippen molar-refractivity contribution in [2.45, 2.75) is 25.8 Å². The van der Waals surface area contributed by atoms with Crippen LogP contribution in [0.2, 0.25) is 0 Å². The molecular weight excluding hydrogens is 274 g/mol. The maximum atomic E-state index is 12.2. The molecule has 2 aromatic carbocycles. The molecule has 0 radical (unpaired) electrons. The molecule has 3 heteroatoms. The Morgan fingerprint density at radius 1 is 1.00 bits per heavy atom. The van der Waals surface area contributed by atoms with E-state index in [4.69, 9.17) is 5.11 Å². The summed E-state index contributed by atoms with van der Waals surface area (Å²) in [5.74, 6) is 0.112. The largest absolute Gasteiger partial charge is 0.394 e. The second kappa shape index (κ2) is 7.34. The smallest absolute Gasteiger partial charge is 0.164 e. The van der Waals surface area contributed by atoms with Gasteiger partial charge in [-0.1, -0.05) is 54.6 Å². The summed E-state index contributed by atoms with van der Waals surface area (Å²) in [6, 6.07) is 17.8. The van der Waals surface area contributed by atoms with Gasteiger partial charge >= 0.3 is 0 Å². The molecule has 0 aliphatic rings. The summed E-state index contributed by atoms with van der Waals surface area (Å²) in [6.45, 7) is 4.43. The Kier molecular flexibility index (Phi) is 5.47. The van der Waals surface area contributed by atoms with Gasteiger partial charge < -0.3 is 10.4 Å². The lowest BCUT2D eigenvalue weighted by Gasteiger charge is -2.23. The fourth-order valence-electron chi connectivity index (χ4n) is 2.19. The average Bonchev–Trinajstić information content (AvgIpc) is 2.55. The quantitative estimate of drug-likeness (QED) is 0.771. The van der Waals surface area contributed by atoms with Crippen LogP contribution in [0, 0.1) is 0 Å². The molecule has 22 heavy (non-hydrogen) atoms. The van der Waals surface area contributed by atoms with E-state index in [1.165, 1.54) is 0 Å². The minimum atomic E-state index is -0.350. The second-order valence-corrected chi connectivity index (χ2v) is 6.09. The van der Waals surface area contributed by atoms with Gasteiger partial charge in [0, 0.05) is 24.1 Å². The number of aliphatic hydroxyl groups is 1. The predicted molar refractivity (Wildman–Crippen MR) is 90.0 cm³/mol. The molecule has 2 N–H and O–H groups in total. The van der Waals surface area contributed by atoms with Gasteiger partial charge in [-0.3, -0.25) is 4.79 Å². The number of carbonyl (C=O) groups is 1. The van der Waals surface area contributed by atoms with Crippen molar-refractivity contribution in [3.8, 4) is 11.1 Å². The molecule has 0 heterocycles. The third kappa shape index (κ3) is 4.52. The Labute approximate surface area is 132 Å². The molecule has 116 valence electrons. The lowest BCUT2D eigenvalue weighted by molar-refractivity contribution is 0.0976. The highest BCUT2D eigenvalue weighted by atomic mass is 16.3. The molecular formula is C19H23NO2. The summed E-state index contributed by atoms with van der Waals surface area (Å²) in [5.41, 5.74) is 2.63. The van der Waals surface area contributed by atoms with Crippen molar-refractivity contribution in [3.63, 3.8) is 0 Å². The van der Waals surface area contributed by atoms with Gasteiger partial charge in [0.25, 0.3) is 0 Å². The molecule has 0 aliphatic heterocycles. The molecule has 2 aromatic rings. The van der Waals surface area contributed by atoms with Gasteiger partial charge in [-0.2, -0.15) is 0 Å². The van der Waals surface area contributed by atoms with Crippen LogP contribution in [-0.4, -0.2) is 29.6 Å². The summed E-state index contributed by atoms with van der Waals surface area (Å²) in [5, 5.41) is 12.3. The summed E-state index contributed by atoms with van der Waals surface area (Å²) >= 11 is 0. The Balaban J connectivity index is 1.94. The molecule has 0 saturated carbocycles. The van der Waals surface area contributed by atoms with E-state index >= 15 is 0 Å². The van der Waals surface area contributed by atoms with E-state index in [2.05, 4.69) is 17.4 Å². The van der Waals surface area contributed by atoms with Crippen LogP contribution in [0.1, 0.15) is 30.6 Å². The minimum absolute atomic E-state index is 0.0486. The van der Waals surface area contributed by atoms with Gasteiger partial charge in [0.05, 0.1) is 6.61 Å². The molecule has 2 rings (SSSR count). The fourth-order valence-corrected chi connectivity index (χ4v) is 2.19. The second-order valence-electron chi connectivity index (χ2n) is 6.09. The SMILES string of the molecule is CC(C)(CO)NCCC(=O)c1ccc(-c2ccccc2)cc1. The summed E-state index contributed by atoms with van der Waals surface area (Å²) in [7, 11) is 0. The van der Waals surface area contributed by atoms with Crippen LogP contribution in [-0.2, 0) is 0 Å². The van der Waals surface area contributed by atoms with Crippen molar-refractivity contribution in [2.75, 3.05) is 13.2 Å². The Hall–Kier alpha value is -1.97. The number of nitrogens with one attached hydrogen (secondary N) is 1. The van der Waals surface area contributed by atoms with Crippen molar-refractivity contribution in [1.29, 1.82) is 0 Å². The maximum Gasteiger partial charge on any atom is 0.164 e. The number of hydrogen-bond acceptors (Lipinski definition) is 3. The van der Waals surface area contributed by atoms with Crippen LogP contribution in [0.25, 0.3) is 11.1 Å². The molecule has 0 spiro atoms. The summed E-state index contributed by atoms with van der Waals surface area (Å²) in [4.78, 5) is 12.2. The number of ketones is 1. The zero-order valence-electron chi connectivity index (χ0n) is 13.2. The number of Topliss-reactive ketones (excluding diaryl/α,β-unsaturated/α-hetero) is 1. The van der Waals surface area contributed by atoms with Crippen LogP contribution in [0.4, 0.5) is 0 Å². The van der Waals surface area contributed by atoms with Crippen molar-refractivity contribution >= 4 is 5.78 Å². The van der Waals surface area contributed by atoms with Crippen molar-refractivity contribution < 1.29 is 9.90 Å². The first kappa shape index (κ1) is 16.4. The van der Waals surface area contributed by atoms with Gasteiger partial charge in [-0.15, -0.1) is 0 Å². The zero-order chi connectivity index (χ0) is 16.0. The monoisotopic (exact) mass is 297 g/mol.